The average Bonchev–Trinajstić information content (AvgIpc) is 2.44. The maximum atomic E-state index is 6.16. The van der Waals surface area contributed by atoms with E-state index in [4.69, 9.17) is 21.1 Å². The second-order valence-electron chi connectivity index (χ2n) is 5.47. The first-order valence-corrected chi connectivity index (χ1v) is 7.53. The average molecular weight is 315 g/mol. The Morgan fingerprint density at radius 1 is 1.43 bits per heavy atom. The molecule has 2 atom stereocenters. The molecule has 0 amide bonds. The van der Waals surface area contributed by atoms with Crippen molar-refractivity contribution in [2.75, 3.05) is 45.2 Å². The topological polar surface area (TPSA) is 50.7 Å². The van der Waals surface area contributed by atoms with E-state index in [0.717, 1.165) is 26.2 Å². The number of aromatic nitrogens is 2. The number of likely N-dealkylation sites (N-methyl/N-ethyl adjacent to an activating group) is 1. The molecule has 0 aliphatic carbocycles. The number of anilines is 1. The number of hydrogen-bond donors (Lipinski definition) is 0. The predicted molar refractivity (Wildman–Crippen MR) is 83.3 cm³/mol. The number of ether oxygens (including phenoxy) is 2. The molecule has 0 unspecified atom stereocenters. The van der Waals surface area contributed by atoms with Crippen LogP contribution in [0.25, 0.3) is 0 Å². The fraction of sp³-hybridized carbons (Fsp3) is 0.714. The van der Waals surface area contributed by atoms with Crippen molar-refractivity contribution >= 4 is 17.4 Å². The first-order chi connectivity index (χ1) is 9.99. The van der Waals surface area contributed by atoms with Gasteiger partial charge in [-0.25, -0.2) is 4.98 Å². The smallest absolute Gasteiger partial charge is 0.318 e. The van der Waals surface area contributed by atoms with Crippen LogP contribution in [0.5, 0.6) is 6.01 Å². The molecule has 0 radical (unpaired) electrons. The molecule has 118 valence electrons. The third kappa shape index (κ3) is 4.43. The SMILES string of the molecule is COc1ncc(Cl)c(N(C)CCN2C[C@@H](C)O[C@@H](C)C2)n1. The van der Waals surface area contributed by atoms with Crippen LogP contribution in [0.3, 0.4) is 0 Å². The molecule has 7 heteroatoms. The summed E-state index contributed by atoms with van der Waals surface area (Å²) in [6, 6.07) is 0.329. The standard InChI is InChI=1S/C14H23ClN4O2/c1-10-8-19(9-11(2)21-10)6-5-18(3)13-12(15)7-16-14(17-13)20-4/h7,10-11H,5-6,8-9H2,1-4H3/t10-,11+. The molecule has 0 saturated carbocycles. The van der Waals surface area contributed by atoms with Crippen LogP contribution < -0.4 is 9.64 Å². The normalized spacial score (nSPS) is 23.1. The molecule has 0 N–H and O–H groups in total. The summed E-state index contributed by atoms with van der Waals surface area (Å²) in [6.45, 7) is 7.91. The Labute approximate surface area is 131 Å². The minimum atomic E-state index is 0.279. The van der Waals surface area contributed by atoms with Gasteiger partial charge in [-0.15, -0.1) is 0 Å². The summed E-state index contributed by atoms with van der Waals surface area (Å²) in [5.41, 5.74) is 0. The fourth-order valence-corrected chi connectivity index (χ4v) is 2.81. The third-order valence-electron chi connectivity index (χ3n) is 3.49. The number of nitrogens with zero attached hydrogens (tertiary/aromatic N) is 4. The molecule has 1 aromatic rings. The van der Waals surface area contributed by atoms with E-state index in [0.29, 0.717) is 16.9 Å². The first-order valence-electron chi connectivity index (χ1n) is 7.15. The second kappa shape index (κ2) is 7.24. The van der Waals surface area contributed by atoms with Gasteiger partial charge in [-0.1, -0.05) is 11.6 Å². The molecule has 1 aliphatic heterocycles. The lowest BCUT2D eigenvalue weighted by Gasteiger charge is -2.36. The highest BCUT2D eigenvalue weighted by Crippen LogP contribution is 2.23. The second-order valence-corrected chi connectivity index (χ2v) is 5.87. The number of morpholine rings is 1. The Kier molecular flexibility index (Phi) is 5.61. The van der Waals surface area contributed by atoms with Gasteiger partial charge in [0.25, 0.3) is 0 Å². The third-order valence-corrected chi connectivity index (χ3v) is 3.76. The number of halogens is 1. The highest BCUT2D eigenvalue weighted by molar-refractivity contribution is 6.32. The van der Waals surface area contributed by atoms with E-state index >= 15 is 0 Å². The Morgan fingerprint density at radius 3 is 2.71 bits per heavy atom. The van der Waals surface area contributed by atoms with E-state index in [1.54, 1.807) is 13.3 Å². The molecular weight excluding hydrogens is 292 g/mol. The number of hydrogen-bond acceptors (Lipinski definition) is 6. The van der Waals surface area contributed by atoms with Crippen LogP contribution in [0.2, 0.25) is 5.02 Å². The lowest BCUT2D eigenvalue weighted by molar-refractivity contribution is -0.0670. The Morgan fingerprint density at radius 2 is 2.10 bits per heavy atom. The van der Waals surface area contributed by atoms with Crippen molar-refractivity contribution in [2.45, 2.75) is 26.1 Å². The highest BCUT2D eigenvalue weighted by atomic mass is 35.5. The molecule has 6 nitrogen and oxygen atoms in total. The summed E-state index contributed by atoms with van der Waals surface area (Å²) in [5.74, 6) is 0.692. The molecule has 1 aromatic heterocycles. The quantitative estimate of drug-likeness (QED) is 0.824. The van der Waals surface area contributed by atoms with Crippen molar-refractivity contribution in [2.24, 2.45) is 0 Å². The van der Waals surface area contributed by atoms with Gasteiger partial charge in [0, 0.05) is 33.2 Å². The first kappa shape index (κ1) is 16.3. The molecule has 1 aliphatic rings. The van der Waals surface area contributed by atoms with E-state index in [1.165, 1.54) is 0 Å². The molecule has 2 rings (SSSR count). The number of methoxy groups -OCH3 is 1. The molecule has 0 bridgehead atoms. The molecule has 21 heavy (non-hydrogen) atoms. The summed E-state index contributed by atoms with van der Waals surface area (Å²) in [5, 5.41) is 0.530. The summed E-state index contributed by atoms with van der Waals surface area (Å²) in [4.78, 5) is 12.7. The highest BCUT2D eigenvalue weighted by Gasteiger charge is 2.22. The van der Waals surface area contributed by atoms with Crippen LogP contribution in [0.15, 0.2) is 6.20 Å². The summed E-state index contributed by atoms with van der Waals surface area (Å²) < 4.78 is 10.8. The maximum Gasteiger partial charge on any atom is 0.318 e. The van der Waals surface area contributed by atoms with Gasteiger partial charge in [-0.05, 0) is 13.8 Å². The van der Waals surface area contributed by atoms with Crippen LogP contribution >= 0.6 is 11.6 Å². The minimum absolute atomic E-state index is 0.279. The molecule has 1 saturated heterocycles. The zero-order valence-corrected chi connectivity index (χ0v) is 13.8. The zero-order valence-electron chi connectivity index (χ0n) is 13.0. The van der Waals surface area contributed by atoms with Crippen molar-refractivity contribution in [1.29, 1.82) is 0 Å². The zero-order chi connectivity index (χ0) is 15.4. The van der Waals surface area contributed by atoms with Gasteiger partial charge in [-0.2, -0.15) is 4.98 Å². The molecule has 0 spiro atoms. The lowest BCUT2D eigenvalue weighted by atomic mass is 10.2. The van der Waals surface area contributed by atoms with E-state index in [2.05, 4.69) is 28.7 Å². The largest absolute Gasteiger partial charge is 0.467 e. The van der Waals surface area contributed by atoms with Crippen molar-refractivity contribution in [3.63, 3.8) is 0 Å². The van der Waals surface area contributed by atoms with Gasteiger partial charge >= 0.3 is 6.01 Å². The Bertz CT molecular complexity index is 464. The van der Waals surface area contributed by atoms with Gasteiger partial charge in [0.2, 0.25) is 0 Å². The summed E-state index contributed by atoms with van der Waals surface area (Å²) in [6.07, 6.45) is 2.13. The van der Waals surface area contributed by atoms with Gasteiger partial charge < -0.3 is 14.4 Å². The van der Waals surface area contributed by atoms with Crippen molar-refractivity contribution in [3.05, 3.63) is 11.2 Å². The van der Waals surface area contributed by atoms with Crippen LogP contribution in [0.4, 0.5) is 5.82 Å². The molecule has 0 aromatic carbocycles. The Balaban J connectivity index is 1.93. The minimum Gasteiger partial charge on any atom is -0.467 e. The van der Waals surface area contributed by atoms with Gasteiger partial charge in [0.1, 0.15) is 5.02 Å². The van der Waals surface area contributed by atoms with Crippen LogP contribution in [-0.2, 0) is 4.74 Å². The van der Waals surface area contributed by atoms with E-state index < -0.39 is 0 Å². The van der Waals surface area contributed by atoms with Crippen molar-refractivity contribution < 1.29 is 9.47 Å². The van der Waals surface area contributed by atoms with E-state index in [-0.39, 0.29) is 12.2 Å². The van der Waals surface area contributed by atoms with Gasteiger partial charge in [0.05, 0.1) is 25.5 Å². The maximum absolute atomic E-state index is 6.16. The fourth-order valence-electron chi connectivity index (χ4n) is 2.57. The Hall–Kier alpha value is -1.11. The molecule has 2 heterocycles. The van der Waals surface area contributed by atoms with Crippen LogP contribution in [-0.4, -0.2) is 67.4 Å². The molecule has 1 fully saturated rings. The van der Waals surface area contributed by atoms with Crippen LogP contribution in [0.1, 0.15) is 13.8 Å². The summed E-state index contributed by atoms with van der Waals surface area (Å²) in [7, 11) is 3.52. The van der Waals surface area contributed by atoms with E-state index in [9.17, 15) is 0 Å². The van der Waals surface area contributed by atoms with E-state index in [1.807, 2.05) is 11.9 Å². The predicted octanol–water partition coefficient (Wildman–Crippen LogP) is 1.68. The molecular formula is C14H23ClN4O2. The van der Waals surface area contributed by atoms with Gasteiger partial charge in [-0.3, -0.25) is 4.90 Å². The van der Waals surface area contributed by atoms with Crippen molar-refractivity contribution in [1.82, 2.24) is 14.9 Å². The summed E-state index contributed by atoms with van der Waals surface area (Å²) >= 11 is 6.16. The monoisotopic (exact) mass is 314 g/mol. The van der Waals surface area contributed by atoms with Crippen LogP contribution in [0, 0.1) is 0 Å². The lowest BCUT2D eigenvalue weighted by Crippen LogP contribution is -2.47. The number of rotatable bonds is 5. The van der Waals surface area contributed by atoms with Gasteiger partial charge in [0.15, 0.2) is 5.82 Å². The van der Waals surface area contributed by atoms with Crippen molar-refractivity contribution in [3.8, 4) is 6.01 Å².